The molecule has 2 N–H and O–H groups in total. The van der Waals surface area contributed by atoms with Gasteiger partial charge in [0.05, 0.1) is 0 Å². The zero-order chi connectivity index (χ0) is 14.2. The zero-order valence-electron chi connectivity index (χ0n) is 12.0. The maximum absolute atomic E-state index is 12.2. The summed E-state index contributed by atoms with van der Waals surface area (Å²) in [6.07, 6.45) is 3.83. The van der Waals surface area contributed by atoms with Crippen LogP contribution in [0.4, 0.5) is 4.79 Å². The molecule has 2 aliphatic rings. The van der Waals surface area contributed by atoms with Crippen LogP contribution >= 0.6 is 0 Å². The minimum absolute atomic E-state index is 0.0308. The van der Waals surface area contributed by atoms with Crippen LogP contribution in [0.2, 0.25) is 0 Å². The first-order valence-electron chi connectivity index (χ1n) is 7.10. The summed E-state index contributed by atoms with van der Waals surface area (Å²) in [6.45, 7) is 6.85. The molecule has 0 radical (unpaired) electrons. The first-order valence-corrected chi connectivity index (χ1v) is 7.10. The van der Waals surface area contributed by atoms with E-state index in [4.69, 9.17) is 0 Å². The number of carboxylic acids is 1. The highest BCUT2D eigenvalue weighted by Crippen LogP contribution is 2.37. The number of hydrogen-bond donors (Lipinski definition) is 2. The molecule has 0 bridgehead atoms. The van der Waals surface area contributed by atoms with Gasteiger partial charge in [-0.15, -0.1) is 0 Å². The molecule has 0 spiro atoms. The van der Waals surface area contributed by atoms with E-state index in [1.807, 2.05) is 6.92 Å². The molecule has 0 aromatic heterocycles. The third-order valence-corrected chi connectivity index (χ3v) is 4.51. The van der Waals surface area contributed by atoms with Crippen molar-refractivity contribution in [2.45, 2.75) is 58.5 Å². The summed E-state index contributed by atoms with van der Waals surface area (Å²) in [4.78, 5) is 25.0. The van der Waals surface area contributed by atoms with Crippen molar-refractivity contribution in [2.75, 3.05) is 6.54 Å². The van der Waals surface area contributed by atoms with Crippen molar-refractivity contribution in [2.24, 2.45) is 11.3 Å². The highest BCUT2D eigenvalue weighted by Gasteiger charge is 2.41. The van der Waals surface area contributed by atoms with E-state index in [2.05, 4.69) is 19.2 Å². The van der Waals surface area contributed by atoms with Gasteiger partial charge in [-0.05, 0) is 37.0 Å². The second-order valence-corrected chi connectivity index (χ2v) is 6.80. The second-order valence-electron chi connectivity index (χ2n) is 6.80. The number of hydrogen-bond acceptors (Lipinski definition) is 2. The largest absolute Gasteiger partial charge is 0.480 e. The molecule has 1 saturated carbocycles. The summed E-state index contributed by atoms with van der Waals surface area (Å²) in [5.74, 6) is -0.866. The van der Waals surface area contributed by atoms with Gasteiger partial charge in [-0.25, -0.2) is 9.59 Å². The Morgan fingerprint density at radius 3 is 2.53 bits per heavy atom. The monoisotopic (exact) mass is 268 g/mol. The molecule has 2 rings (SSSR count). The molecule has 2 fully saturated rings. The molecule has 1 aliphatic carbocycles. The molecule has 108 valence electrons. The summed E-state index contributed by atoms with van der Waals surface area (Å²) in [5, 5.41) is 12.2. The number of nitrogens with zero attached hydrogens (tertiary/aromatic N) is 1. The van der Waals surface area contributed by atoms with Crippen LogP contribution in [0, 0.1) is 11.3 Å². The standard InChI is InChI=1S/C14H24N2O3/c1-9-5-7-16(11(9)12(17)18)13(19)15-10-4-6-14(2,3)8-10/h9-11H,4-8H2,1-3H3,(H,15,19)(H,17,18). The average Bonchev–Trinajstić information content (AvgIpc) is 2.81. The van der Waals surface area contributed by atoms with Gasteiger partial charge in [0, 0.05) is 12.6 Å². The van der Waals surface area contributed by atoms with Crippen LogP contribution in [-0.4, -0.2) is 40.6 Å². The lowest BCUT2D eigenvalue weighted by Crippen LogP contribution is -2.49. The lowest BCUT2D eigenvalue weighted by molar-refractivity contribution is -0.142. The van der Waals surface area contributed by atoms with E-state index in [0.29, 0.717) is 6.54 Å². The zero-order valence-corrected chi connectivity index (χ0v) is 12.0. The lowest BCUT2D eigenvalue weighted by atomic mass is 9.92. The average molecular weight is 268 g/mol. The van der Waals surface area contributed by atoms with Gasteiger partial charge in [-0.3, -0.25) is 0 Å². The Kier molecular flexibility index (Phi) is 3.74. The third kappa shape index (κ3) is 3.01. The normalized spacial score (nSPS) is 33.4. The Morgan fingerprint density at radius 2 is 2.00 bits per heavy atom. The van der Waals surface area contributed by atoms with Crippen LogP contribution in [0.5, 0.6) is 0 Å². The summed E-state index contributed by atoms with van der Waals surface area (Å²) in [5.41, 5.74) is 0.280. The number of urea groups is 1. The molecular formula is C14H24N2O3. The van der Waals surface area contributed by atoms with E-state index >= 15 is 0 Å². The van der Waals surface area contributed by atoms with Gasteiger partial charge in [-0.2, -0.15) is 0 Å². The Morgan fingerprint density at radius 1 is 1.32 bits per heavy atom. The molecule has 1 aliphatic heterocycles. The van der Waals surface area contributed by atoms with Crippen molar-refractivity contribution in [3.63, 3.8) is 0 Å². The lowest BCUT2D eigenvalue weighted by Gasteiger charge is -2.26. The summed E-state index contributed by atoms with van der Waals surface area (Å²) < 4.78 is 0. The molecule has 0 aromatic carbocycles. The number of nitrogens with one attached hydrogen (secondary N) is 1. The molecule has 3 atom stereocenters. The Balaban J connectivity index is 1.95. The van der Waals surface area contributed by atoms with Gasteiger partial charge in [0.2, 0.25) is 0 Å². The molecule has 1 heterocycles. The van der Waals surface area contributed by atoms with E-state index < -0.39 is 12.0 Å². The van der Waals surface area contributed by atoms with Crippen LogP contribution in [0.3, 0.4) is 0 Å². The SMILES string of the molecule is CC1CCN(C(=O)NC2CCC(C)(C)C2)C1C(=O)O. The van der Waals surface area contributed by atoms with Gasteiger partial charge in [-0.1, -0.05) is 20.8 Å². The van der Waals surface area contributed by atoms with Gasteiger partial charge in [0.15, 0.2) is 0 Å². The number of aliphatic carboxylic acids is 1. The molecule has 19 heavy (non-hydrogen) atoms. The maximum Gasteiger partial charge on any atom is 0.326 e. The first-order chi connectivity index (χ1) is 8.80. The van der Waals surface area contributed by atoms with Gasteiger partial charge >= 0.3 is 12.0 Å². The van der Waals surface area contributed by atoms with Gasteiger partial charge in [0.25, 0.3) is 0 Å². The highest BCUT2D eigenvalue weighted by atomic mass is 16.4. The molecule has 2 amide bonds. The third-order valence-electron chi connectivity index (χ3n) is 4.51. The van der Waals surface area contributed by atoms with Crippen LogP contribution in [0.15, 0.2) is 0 Å². The summed E-state index contributed by atoms with van der Waals surface area (Å²) in [6, 6.07) is -0.693. The van der Waals surface area contributed by atoms with Gasteiger partial charge < -0.3 is 15.3 Å². The van der Waals surface area contributed by atoms with Crippen molar-refractivity contribution in [3.05, 3.63) is 0 Å². The predicted octanol–water partition coefficient (Wildman–Crippen LogP) is 2.07. The number of rotatable bonds is 2. The van der Waals surface area contributed by atoms with E-state index in [9.17, 15) is 14.7 Å². The van der Waals surface area contributed by atoms with Crippen molar-refractivity contribution < 1.29 is 14.7 Å². The molecule has 0 aromatic rings. The van der Waals surface area contributed by atoms with Crippen molar-refractivity contribution in [1.82, 2.24) is 10.2 Å². The molecule has 3 unspecified atom stereocenters. The molecule has 5 nitrogen and oxygen atoms in total. The van der Waals surface area contributed by atoms with Crippen LogP contribution in [0.1, 0.15) is 46.5 Å². The predicted molar refractivity (Wildman–Crippen MR) is 71.9 cm³/mol. The minimum atomic E-state index is -0.896. The van der Waals surface area contributed by atoms with Crippen molar-refractivity contribution in [1.29, 1.82) is 0 Å². The fourth-order valence-electron chi connectivity index (χ4n) is 3.37. The van der Waals surface area contributed by atoms with E-state index in [1.165, 1.54) is 4.90 Å². The highest BCUT2D eigenvalue weighted by molar-refractivity contribution is 5.83. The van der Waals surface area contributed by atoms with E-state index in [0.717, 1.165) is 25.7 Å². The smallest absolute Gasteiger partial charge is 0.326 e. The fourth-order valence-corrected chi connectivity index (χ4v) is 3.37. The van der Waals surface area contributed by atoms with Crippen molar-refractivity contribution in [3.8, 4) is 0 Å². The Labute approximate surface area is 114 Å². The fraction of sp³-hybridized carbons (Fsp3) is 0.857. The Hall–Kier alpha value is -1.26. The summed E-state index contributed by atoms with van der Waals surface area (Å²) in [7, 11) is 0. The first kappa shape index (κ1) is 14.2. The maximum atomic E-state index is 12.2. The second kappa shape index (κ2) is 5.02. The van der Waals surface area contributed by atoms with Crippen LogP contribution < -0.4 is 5.32 Å². The van der Waals surface area contributed by atoms with Gasteiger partial charge in [0.1, 0.15) is 6.04 Å². The molecule has 5 heteroatoms. The van der Waals surface area contributed by atoms with Crippen LogP contribution in [-0.2, 0) is 4.79 Å². The van der Waals surface area contributed by atoms with Crippen LogP contribution in [0.25, 0.3) is 0 Å². The molecular weight excluding hydrogens is 244 g/mol. The van der Waals surface area contributed by atoms with E-state index in [1.54, 1.807) is 0 Å². The number of amides is 2. The number of likely N-dealkylation sites (tertiary alicyclic amines) is 1. The molecule has 1 saturated heterocycles. The Bertz CT molecular complexity index is 381. The minimum Gasteiger partial charge on any atom is -0.480 e. The van der Waals surface area contributed by atoms with E-state index in [-0.39, 0.29) is 23.4 Å². The number of carboxylic acid groups (broad SMARTS) is 1. The number of carbonyl (C=O) groups excluding carboxylic acids is 1. The quantitative estimate of drug-likeness (QED) is 0.805. The summed E-state index contributed by atoms with van der Waals surface area (Å²) >= 11 is 0. The topological polar surface area (TPSA) is 69.6 Å². The number of carbonyl (C=O) groups is 2. The van der Waals surface area contributed by atoms with Crippen molar-refractivity contribution >= 4 is 12.0 Å².